The molecule has 0 bridgehead atoms. The Morgan fingerprint density at radius 1 is 1.15 bits per heavy atom. The second kappa shape index (κ2) is 5.78. The number of nitriles is 1. The van der Waals surface area contributed by atoms with Crippen LogP contribution in [-0.2, 0) is 7.05 Å². The van der Waals surface area contributed by atoms with Gasteiger partial charge in [-0.2, -0.15) is 5.26 Å². The van der Waals surface area contributed by atoms with Gasteiger partial charge in [0.25, 0.3) is 5.56 Å². The number of nitrogens with two attached hydrogens (primary N) is 1. The molecule has 0 saturated carbocycles. The fraction of sp³-hybridized carbons (Fsp3) is 0.143. The topological polar surface area (TPSA) is 81.0 Å². The number of pyridine rings is 1. The molecule has 0 fully saturated rings. The van der Waals surface area contributed by atoms with Gasteiger partial charge in [0.05, 0.1) is 17.0 Å². The Kier molecular flexibility index (Phi) is 3.55. The number of aryl methyl sites for hydroxylation is 2. The minimum atomic E-state index is -0.548. The molecule has 0 unspecified atom stereocenters. The normalized spacial score (nSPS) is 16.1. The maximum atomic E-state index is 13.2. The number of rotatable bonds is 1. The van der Waals surface area contributed by atoms with Gasteiger partial charge in [-0.15, -0.1) is 0 Å². The summed E-state index contributed by atoms with van der Waals surface area (Å²) in [5.74, 6) is -0.0617. The van der Waals surface area contributed by atoms with Crippen LogP contribution in [0.1, 0.15) is 22.6 Å². The molecule has 0 amide bonds. The zero-order valence-electron chi connectivity index (χ0n) is 14.5. The van der Waals surface area contributed by atoms with Gasteiger partial charge in [-0.05, 0) is 30.2 Å². The van der Waals surface area contributed by atoms with E-state index >= 15 is 0 Å². The third-order valence-electron chi connectivity index (χ3n) is 4.96. The predicted octanol–water partition coefficient (Wildman–Crippen LogP) is 3.07. The Morgan fingerprint density at radius 2 is 1.85 bits per heavy atom. The lowest BCUT2D eigenvalue weighted by molar-refractivity contribution is 0.396. The van der Waals surface area contributed by atoms with Crippen molar-refractivity contribution in [3.05, 3.63) is 87.0 Å². The zero-order valence-corrected chi connectivity index (χ0v) is 14.5. The summed E-state index contributed by atoms with van der Waals surface area (Å²) in [6, 6.07) is 17.4. The van der Waals surface area contributed by atoms with E-state index in [1.54, 1.807) is 11.6 Å². The molecule has 0 radical (unpaired) electrons. The van der Waals surface area contributed by atoms with E-state index in [1.165, 1.54) is 0 Å². The molecule has 128 valence electrons. The number of nitrogens with zero attached hydrogens (tertiary/aromatic N) is 2. The van der Waals surface area contributed by atoms with Crippen molar-refractivity contribution >= 4 is 10.9 Å². The van der Waals surface area contributed by atoms with Crippen molar-refractivity contribution in [2.24, 2.45) is 12.8 Å². The van der Waals surface area contributed by atoms with Gasteiger partial charge in [0, 0.05) is 12.4 Å². The van der Waals surface area contributed by atoms with Crippen LogP contribution in [0.25, 0.3) is 10.9 Å². The van der Waals surface area contributed by atoms with E-state index in [1.807, 2.05) is 55.5 Å². The molecule has 3 aromatic rings. The number of ether oxygens (including phenoxy) is 1. The third kappa shape index (κ3) is 2.12. The van der Waals surface area contributed by atoms with Gasteiger partial charge in [0.15, 0.2) is 0 Å². The Labute approximate surface area is 150 Å². The monoisotopic (exact) mass is 343 g/mol. The summed E-state index contributed by atoms with van der Waals surface area (Å²) < 4.78 is 7.39. The molecule has 5 heteroatoms. The van der Waals surface area contributed by atoms with E-state index < -0.39 is 5.92 Å². The quantitative estimate of drug-likeness (QED) is 0.736. The first-order valence-corrected chi connectivity index (χ1v) is 8.29. The largest absolute Gasteiger partial charge is 0.439 e. The minimum absolute atomic E-state index is 0.0478. The summed E-state index contributed by atoms with van der Waals surface area (Å²) in [6.07, 6.45) is 0. The SMILES string of the molecule is Cc1ccccc1[C@H]1C(C#N)=C(N)Oc2c1c(=O)n(C)c1ccccc21. The molecule has 0 saturated heterocycles. The highest BCUT2D eigenvalue weighted by atomic mass is 16.5. The molecule has 0 aliphatic carbocycles. The molecule has 1 aliphatic rings. The Bertz CT molecular complexity index is 1180. The molecule has 5 nitrogen and oxygen atoms in total. The van der Waals surface area contributed by atoms with Crippen molar-refractivity contribution in [3.63, 3.8) is 0 Å². The number of allylic oxidation sites excluding steroid dienone is 1. The molecular formula is C21H17N3O2. The molecule has 0 spiro atoms. The standard InChI is InChI=1S/C21H17N3O2/c1-12-7-3-4-8-13(12)17-15(11-22)20(23)26-19-14-9-5-6-10-16(14)24(2)21(25)18(17)19/h3-10,17H,23H2,1-2H3/t17-/m0/s1. The first kappa shape index (κ1) is 16.0. The van der Waals surface area contributed by atoms with Crippen LogP contribution in [0.15, 0.2) is 64.8 Å². The summed E-state index contributed by atoms with van der Waals surface area (Å²) in [6.45, 7) is 1.96. The lowest BCUT2D eigenvalue weighted by atomic mass is 9.81. The highest BCUT2D eigenvalue weighted by molar-refractivity contribution is 5.88. The van der Waals surface area contributed by atoms with Crippen molar-refractivity contribution in [2.75, 3.05) is 0 Å². The lowest BCUT2D eigenvalue weighted by Crippen LogP contribution is -2.31. The van der Waals surface area contributed by atoms with Crippen LogP contribution < -0.4 is 16.0 Å². The number of hydrogen-bond donors (Lipinski definition) is 1. The number of hydrogen-bond acceptors (Lipinski definition) is 4. The molecule has 4 rings (SSSR count). The van der Waals surface area contributed by atoms with Gasteiger partial charge >= 0.3 is 0 Å². The van der Waals surface area contributed by atoms with E-state index in [-0.39, 0.29) is 17.0 Å². The maximum Gasteiger partial charge on any atom is 0.258 e. The van der Waals surface area contributed by atoms with Crippen LogP contribution in [0.2, 0.25) is 0 Å². The molecule has 1 aromatic heterocycles. The van der Waals surface area contributed by atoms with Crippen LogP contribution in [0, 0.1) is 18.3 Å². The molecule has 26 heavy (non-hydrogen) atoms. The molecule has 2 heterocycles. The molecule has 2 aromatic carbocycles. The van der Waals surface area contributed by atoms with Gasteiger partial charge in [-0.25, -0.2) is 0 Å². The highest BCUT2D eigenvalue weighted by Gasteiger charge is 2.35. The van der Waals surface area contributed by atoms with Crippen molar-refractivity contribution in [1.82, 2.24) is 4.57 Å². The second-order valence-electron chi connectivity index (χ2n) is 6.41. The predicted molar refractivity (Wildman–Crippen MR) is 99.7 cm³/mol. The van der Waals surface area contributed by atoms with Gasteiger partial charge < -0.3 is 15.0 Å². The number of fused-ring (bicyclic) bond motifs is 3. The number of aromatic nitrogens is 1. The number of para-hydroxylation sites is 1. The van der Waals surface area contributed by atoms with E-state index in [9.17, 15) is 10.1 Å². The molecule has 1 atom stereocenters. The van der Waals surface area contributed by atoms with Crippen molar-refractivity contribution in [2.45, 2.75) is 12.8 Å². The summed E-state index contributed by atoms with van der Waals surface area (Å²) in [5, 5.41) is 10.5. The van der Waals surface area contributed by atoms with Crippen LogP contribution in [0.5, 0.6) is 5.75 Å². The zero-order chi connectivity index (χ0) is 18.4. The third-order valence-corrected chi connectivity index (χ3v) is 4.96. The smallest absolute Gasteiger partial charge is 0.258 e. The average Bonchev–Trinajstić information content (AvgIpc) is 2.65. The summed E-state index contributed by atoms with van der Waals surface area (Å²) in [5.41, 5.74) is 9.24. The lowest BCUT2D eigenvalue weighted by Gasteiger charge is -2.28. The summed E-state index contributed by atoms with van der Waals surface area (Å²) in [4.78, 5) is 13.2. The van der Waals surface area contributed by atoms with Gasteiger partial charge in [0.2, 0.25) is 5.88 Å². The first-order chi connectivity index (χ1) is 12.5. The van der Waals surface area contributed by atoms with Gasteiger partial charge in [-0.3, -0.25) is 4.79 Å². The fourth-order valence-electron chi connectivity index (χ4n) is 3.65. The van der Waals surface area contributed by atoms with E-state index in [4.69, 9.17) is 10.5 Å². The van der Waals surface area contributed by atoms with Crippen molar-refractivity contribution in [3.8, 4) is 11.8 Å². The van der Waals surface area contributed by atoms with Crippen LogP contribution in [0.4, 0.5) is 0 Å². The first-order valence-electron chi connectivity index (χ1n) is 8.29. The Balaban J connectivity index is 2.16. The Morgan fingerprint density at radius 3 is 2.58 bits per heavy atom. The van der Waals surface area contributed by atoms with Crippen LogP contribution in [-0.4, -0.2) is 4.57 Å². The van der Waals surface area contributed by atoms with Crippen molar-refractivity contribution in [1.29, 1.82) is 5.26 Å². The van der Waals surface area contributed by atoms with Gasteiger partial charge in [-0.1, -0.05) is 36.4 Å². The maximum absolute atomic E-state index is 13.2. The average molecular weight is 343 g/mol. The molecule has 1 aliphatic heterocycles. The van der Waals surface area contributed by atoms with E-state index in [2.05, 4.69) is 6.07 Å². The minimum Gasteiger partial charge on any atom is -0.439 e. The summed E-state index contributed by atoms with van der Waals surface area (Å²) in [7, 11) is 1.73. The second-order valence-corrected chi connectivity index (χ2v) is 6.41. The number of benzene rings is 2. The van der Waals surface area contributed by atoms with Gasteiger partial charge in [0.1, 0.15) is 17.4 Å². The molecule has 2 N–H and O–H groups in total. The summed E-state index contributed by atoms with van der Waals surface area (Å²) >= 11 is 0. The van der Waals surface area contributed by atoms with Crippen LogP contribution >= 0.6 is 0 Å². The fourth-order valence-corrected chi connectivity index (χ4v) is 3.65. The highest BCUT2D eigenvalue weighted by Crippen LogP contribution is 2.43. The van der Waals surface area contributed by atoms with E-state index in [0.717, 1.165) is 22.0 Å². The molecular weight excluding hydrogens is 326 g/mol. The van der Waals surface area contributed by atoms with Crippen LogP contribution in [0.3, 0.4) is 0 Å². The van der Waals surface area contributed by atoms with E-state index in [0.29, 0.717) is 11.3 Å². The Hall–Kier alpha value is -3.52. The van der Waals surface area contributed by atoms with Crippen molar-refractivity contribution < 1.29 is 4.74 Å².